The van der Waals surface area contributed by atoms with E-state index in [0.29, 0.717) is 5.56 Å². The Labute approximate surface area is 170 Å². The van der Waals surface area contributed by atoms with Gasteiger partial charge >= 0.3 is 12.1 Å². The van der Waals surface area contributed by atoms with Crippen LogP contribution in [0.2, 0.25) is 0 Å². The minimum absolute atomic E-state index is 0.0700. The van der Waals surface area contributed by atoms with Crippen LogP contribution in [-0.4, -0.2) is 35.0 Å². The lowest BCUT2D eigenvalue weighted by atomic mass is 9.93. The second-order valence-corrected chi connectivity index (χ2v) is 8.11. The third-order valence-corrected chi connectivity index (χ3v) is 4.72. The van der Waals surface area contributed by atoms with Crippen LogP contribution in [0.3, 0.4) is 0 Å². The molecule has 0 unspecified atom stereocenters. The molecule has 1 fully saturated rings. The zero-order chi connectivity index (χ0) is 21.0. The smallest absolute Gasteiger partial charge is 0.413 e. The number of amides is 1. The van der Waals surface area contributed by atoms with Crippen LogP contribution in [0.4, 0.5) is 4.79 Å². The van der Waals surface area contributed by atoms with Crippen LogP contribution in [0, 0.1) is 5.41 Å². The number of benzene rings is 2. The van der Waals surface area contributed by atoms with Crippen molar-refractivity contribution in [3.63, 3.8) is 0 Å². The van der Waals surface area contributed by atoms with E-state index in [4.69, 9.17) is 9.47 Å². The van der Waals surface area contributed by atoms with Crippen molar-refractivity contribution in [2.45, 2.75) is 46.1 Å². The maximum absolute atomic E-state index is 12.9. The molecule has 2 aromatic carbocycles. The van der Waals surface area contributed by atoms with Gasteiger partial charge in [0.1, 0.15) is 12.6 Å². The number of carbonyl (C=O) groups excluding carboxylic acids is 3. The predicted octanol–water partition coefficient (Wildman–Crippen LogP) is 4.20. The first-order valence-corrected chi connectivity index (χ1v) is 9.55. The topological polar surface area (TPSA) is 72.9 Å². The number of carbonyl (C=O) groups is 3. The van der Waals surface area contributed by atoms with Crippen LogP contribution >= 0.6 is 0 Å². The first-order valence-electron chi connectivity index (χ1n) is 9.55. The normalized spacial score (nSPS) is 19.0. The van der Waals surface area contributed by atoms with Crippen molar-refractivity contribution in [1.29, 1.82) is 0 Å². The number of hydrogen-bond acceptors (Lipinski definition) is 5. The molecule has 1 aliphatic heterocycles. The zero-order valence-corrected chi connectivity index (χ0v) is 16.8. The second kappa shape index (κ2) is 8.47. The molecule has 29 heavy (non-hydrogen) atoms. The molecule has 1 heterocycles. The summed E-state index contributed by atoms with van der Waals surface area (Å²) in [5.41, 5.74) is 0.778. The molecule has 1 saturated heterocycles. The largest absolute Gasteiger partial charge is 0.444 e. The number of cyclic esters (lactones) is 1. The van der Waals surface area contributed by atoms with Gasteiger partial charge in [0, 0.05) is 17.4 Å². The fourth-order valence-corrected chi connectivity index (χ4v) is 3.23. The SMILES string of the molecule is CC(C)(C)[C@@H]1OC(=O)[C@H](CC(=O)c2ccccc2)N1C(=O)OCc1ccccc1. The molecule has 0 saturated carbocycles. The Balaban J connectivity index is 1.80. The van der Waals surface area contributed by atoms with Gasteiger partial charge in [-0.15, -0.1) is 0 Å². The Kier molecular flexibility index (Phi) is 6.01. The third-order valence-electron chi connectivity index (χ3n) is 4.72. The highest BCUT2D eigenvalue weighted by Gasteiger charge is 2.51. The molecule has 0 radical (unpaired) electrons. The molecule has 2 aromatic rings. The Bertz CT molecular complexity index is 873. The van der Waals surface area contributed by atoms with Crippen molar-refractivity contribution in [3.05, 3.63) is 71.8 Å². The number of ether oxygens (including phenoxy) is 2. The van der Waals surface area contributed by atoms with Crippen LogP contribution in [0.25, 0.3) is 0 Å². The summed E-state index contributed by atoms with van der Waals surface area (Å²) in [6, 6.07) is 16.9. The molecular weight excluding hydrogens is 370 g/mol. The third kappa shape index (κ3) is 4.83. The number of hydrogen-bond donors (Lipinski definition) is 0. The molecule has 0 N–H and O–H groups in total. The molecule has 6 heteroatoms. The van der Waals surface area contributed by atoms with Gasteiger partial charge in [-0.1, -0.05) is 81.4 Å². The van der Waals surface area contributed by atoms with E-state index in [1.165, 1.54) is 4.90 Å². The van der Waals surface area contributed by atoms with E-state index in [2.05, 4.69) is 0 Å². The van der Waals surface area contributed by atoms with Crippen molar-refractivity contribution in [2.24, 2.45) is 5.41 Å². The van der Waals surface area contributed by atoms with Gasteiger partial charge in [-0.3, -0.25) is 9.69 Å². The van der Waals surface area contributed by atoms with Gasteiger partial charge in [0.2, 0.25) is 0 Å². The van der Waals surface area contributed by atoms with Crippen LogP contribution in [0.1, 0.15) is 43.1 Å². The zero-order valence-electron chi connectivity index (χ0n) is 16.8. The molecule has 6 nitrogen and oxygen atoms in total. The Morgan fingerprint density at radius 2 is 1.59 bits per heavy atom. The van der Waals surface area contributed by atoms with Crippen LogP contribution < -0.4 is 0 Å². The van der Waals surface area contributed by atoms with Gasteiger partial charge in [0.05, 0.1) is 0 Å². The second-order valence-electron chi connectivity index (χ2n) is 8.11. The molecule has 152 valence electrons. The summed E-state index contributed by atoms with van der Waals surface area (Å²) in [5.74, 6) is -0.825. The molecule has 3 rings (SSSR count). The van der Waals surface area contributed by atoms with E-state index in [0.717, 1.165) is 5.56 Å². The van der Waals surface area contributed by atoms with Crippen LogP contribution in [0.15, 0.2) is 60.7 Å². The van der Waals surface area contributed by atoms with Crippen LogP contribution in [-0.2, 0) is 20.9 Å². The van der Waals surface area contributed by atoms with Crippen molar-refractivity contribution in [3.8, 4) is 0 Å². The summed E-state index contributed by atoms with van der Waals surface area (Å²) in [4.78, 5) is 39.4. The standard InChI is InChI=1S/C23H25NO5/c1-23(2,3)21-24(22(27)28-15-16-10-6-4-7-11-16)18(20(26)29-21)14-19(25)17-12-8-5-9-13-17/h4-13,18,21H,14-15H2,1-3H3/t18-,21-/m0/s1. The Morgan fingerprint density at radius 1 is 1.00 bits per heavy atom. The van der Waals surface area contributed by atoms with E-state index >= 15 is 0 Å². The Hall–Kier alpha value is -3.15. The minimum Gasteiger partial charge on any atom is -0.444 e. The van der Waals surface area contributed by atoms with E-state index in [1.54, 1.807) is 24.3 Å². The maximum atomic E-state index is 12.9. The monoisotopic (exact) mass is 395 g/mol. The molecule has 0 aliphatic carbocycles. The van der Waals surface area contributed by atoms with Gasteiger partial charge in [0.25, 0.3) is 0 Å². The van der Waals surface area contributed by atoms with Crippen molar-refractivity contribution >= 4 is 17.8 Å². The summed E-state index contributed by atoms with van der Waals surface area (Å²) < 4.78 is 10.9. The van der Waals surface area contributed by atoms with Crippen molar-refractivity contribution < 1.29 is 23.9 Å². The molecule has 0 bridgehead atoms. The highest BCUT2D eigenvalue weighted by Crippen LogP contribution is 2.34. The highest BCUT2D eigenvalue weighted by molar-refractivity contribution is 6.00. The molecule has 1 amide bonds. The van der Waals surface area contributed by atoms with E-state index < -0.39 is 29.7 Å². The Morgan fingerprint density at radius 3 is 2.17 bits per heavy atom. The summed E-state index contributed by atoms with van der Waals surface area (Å²) in [6.07, 6.45) is -1.65. The maximum Gasteiger partial charge on any atom is 0.413 e. The molecule has 1 aliphatic rings. The predicted molar refractivity (Wildman–Crippen MR) is 107 cm³/mol. The summed E-state index contributed by atoms with van der Waals surface area (Å²) >= 11 is 0. The van der Waals surface area contributed by atoms with E-state index in [1.807, 2.05) is 57.2 Å². The molecule has 0 aromatic heterocycles. The summed E-state index contributed by atoms with van der Waals surface area (Å²) in [5, 5.41) is 0. The first kappa shape index (κ1) is 20.6. The number of esters is 1. The summed E-state index contributed by atoms with van der Waals surface area (Å²) in [6.45, 7) is 5.66. The van der Waals surface area contributed by atoms with Gasteiger partial charge < -0.3 is 9.47 Å². The van der Waals surface area contributed by atoms with E-state index in [-0.39, 0.29) is 18.8 Å². The molecule has 0 spiro atoms. The van der Waals surface area contributed by atoms with Gasteiger partial charge in [0.15, 0.2) is 12.0 Å². The van der Waals surface area contributed by atoms with Crippen LogP contribution in [0.5, 0.6) is 0 Å². The quantitative estimate of drug-likeness (QED) is 0.560. The first-order chi connectivity index (χ1) is 13.8. The number of Topliss-reactive ketones (excluding diaryl/α,β-unsaturated/α-hetero) is 1. The van der Waals surface area contributed by atoms with Gasteiger partial charge in [-0.25, -0.2) is 9.59 Å². The van der Waals surface area contributed by atoms with Gasteiger partial charge in [-0.2, -0.15) is 0 Å². The number of rotatable bonds is 5. The molecule has 2 atom stereocenters. The van der Waals surface area contributed by atoms with Crippen molar-refractivity contribution in [2.75, 3.05) is 0 Å². The van der Waals surface area contributed by atoms with E-state index in [9.17, 15) is 14.4 Å². The lowest BCUT2D eigenvalue weighted by Crippen LogP contribution is -2.48. The van der Waals surface area contributed by atoms with Crippen molar-refractivity contribution in [1.82, 2.24) is 4.90 Å². The fourth-order valence-electron chi connectivity index (χ4n) is 3.23. The lowest BCUT2D eigenvalue weighted by molar-refractivity contribution is -0.147. The molecular formula is C23H25NO5. The highest BCUT2D eigenvalue weighted by atomic mass is 16.6. The lowest BCUT2D eigenvalue weighted by Gasteiger charge is -2.33. The fraction of sp³-hybridized carbons (Fsp3) is 0.348. The minimum atomic E-state index is -1.02. The average Bonchev–Trinajstić information content (AvgIpc) is 3.04. The number of ketones is 1. The number of nitrogens with zero attached hydrogens (tertiary/aromatic N) is 1. The average molecular weight is 395 g/mol. The summed E-state index contributed by atoms with van der Waals surface area (Å²) in [7, 11) is 0. The van der Waals surface area contributed by atoms with Gasteiger partial charge in [-0.05, 0) is 5.56 Å².